The highest BCUT2D eigenvalue weighted by molar-refractivity contribution is 5.98. The Morgan fingerprint density at radius 3 is 2.19 bits per heavy atom. The number of hydrogen-bond acceptors (Lipinski definition) is 7. The monoisotopic (exact) mass is 488 g/mol. The number of nitrogens with zero attached hydrogens (tertiary/aromatic N) is 2. The fourth-order valence-electron chi connectivity index (χ4n) is 2.87. The SMILES string of the molecule is CC(C)(C)C(=O)Nc1ccc(C(=O)N/N=C/c2cccc([N+](=O)[O-])c2OC(=O)c2ccccc2)cc1. The maximum Gasteiger partial charge on any atom is 0.343 e. The Labute approximate surface area is 207 Å². The number of nitro groups is 1. The lowest BCUT2D eigenvalue weighted by molar-refractivity contribution is -0.385. The highest BCUT2D eigenvalue weighted by Crippen LogP contribution is 2.30. The number of ether oxygens (including phenoxy) is 1. The zero-order valence-electron chi connectivity index (χ0n) is 19.8. The van der Waals surface area contributed by atoms with Gasteiger partial charge in [0.2, 0.25) is 11.7 Å². The van der Waals surface area contributed by atoms with Gasteiger partial charge in [-0.05, 0) is 42.5 Å². The third kappa shape index (κ3) is 6.60. The first kappa shape index (κ1) is 25.8. The molecule has 2 N–H and O–H groups in total. The van der Waals surface area contributed by atoms with Gasteiger partial charge in [-0.1, -0.05) is 45.0 Å². The molecule has 0 unspecified atom stereocenters. The fourth-order valence-corrected chi connectivity index (χ4v) is 2.87. The molecule has 0 saturated carbocycles. The molecule has 0 radical (unpaired) electrons. The van der Waals surface area contributed by atoms with Gasteiger partial charge in [0.15, 0.2) is 0 Å². The summed E-state index contributed by atoms with van der Waals surface area (Å²) in [6, 6.07) is 18.3. The summed E-state index contributed by atoms with van der Waals surface area (Å²) in [4.78, 5) is 47.8. The molecule has 3 aromatic carbocycles. The van der Waals surface area contributed by atoms with E-state index >= 15 is 0 Å². The van der Waals surface area contributed by atoms with Crippen molar-refractivity contribution in [3.8, 4) is 5.75 Å². The number of carbonyl (C=O) groups is 3. The third-order valence-corrected chi connectivity index (χ3v) is 4.88. The zero-order valence-corrected chi connectivity index (χ0v) is 19.8. The summed E-state index contributed by atoms with van der Waals surface area (Å²) in [6.07, 6.45) is 1.15. The number of hydrazone groups is 1. The van der Waals surface area contributed by atoms with Gasteiger partial charge in [-0.3, -0.25) is 19.7 Å². The summed E-state index contributed by atoms with van der Waals surface area (Å²) in [5.74, 6) is -1.78. The molecule has 0 aliphatic rings. The molecule has 0 atom stereocenters. The van der Waals surface area contributed by atoms with E-state index < -0.39 is 27.9 Å². The van der Waals surface area contributed by atoms with E-state index in [1.807, 2.05) is 0 Å². The zero-order chi connectivity index (χ0) is 26.3. The summed E-state index contributed by atoms with van der Waals surface area (Å²) in [5, 5.41) is 18.1. The van der Waals surface area contributed by atoms with Crippen LogP contribution in [0, 0.1) is 15.5 Å². The van der Waals surface area contributed by atoms with Crippen molar-refractivity contribution in [3.63, 3.8) is 0 Å². The minimum absolute atomic E-state index is 0.119. The van der Waals surface area contributed by atoms with Crippen LogP contribution in [0.3, 0.4) is 0 Å². The second-order valence-corrected chi connectivity index (χ2v) is 8.69. The van der Waals surface area contributed by atoms with E-state index in [1.165, 1.54) is 42.5 Å². The molecule has 0 fully saturated rings. The van der Waals surface area contributed by atoms with E-state index in [-0.39, 0.29) is 28.3 Å². The van der Waals surface area contributed by atoms with Gasteiger partial charge < -0.3 is 10.1 Å². The number of anilines is 1. The molecular formula is C26H24N4O6. The molecule has 184 valence electrons. The average Bonchev–Trinajstić information content (AvgIpc) is 2.85. The van der Waals surface area contributed by atoms with Crippen molar-refractivity contribution in [2.24, 2.45) is 10.5 Å². The number of para-hydroxylation sites is 1. The van der Waals surface area contributed by atoms with Crippen molar-refractivity contribution in [2.45, 2.75) is 20.8 Å². The number of amides is 2. The molecule has 0 bridgehead atoms. The number of rotatable bonds is 7. The normalized spacial score (nSPS) is 11.1. The smallest absolute Gasteiger partial charge is 0.343 e. The van der Waals surface area contributed by atoms with Crippen molar-refractivity contribution in [2.75, 3.05) is 5.32 Å². The second-order valence-electron chi connectivity index (χ2n) is 8.69. The number of nitrogens with one attached hydrogen (secondary N) is 2. The van der Waals surface area contributed by atoms with Gasteiger partial charge in [-0.15, -0.1) is 0 Å². The van der Waals surface area contributed by atoms with E-state index in [1.54, 1.807) is 51.1 Å². The number of carbonyl (C=O) groups excluding carboxylic acids is 3. The number of nitro benzene ring substituents is 1. The van der Waals surface area contributed by atoms with Crippen LogP contribution in [0.2, 0.25) is 0 Å². The summed E-state index contributed by atoms with van der Waals surface area (Å²) < 4.78 is 5.32. The minimum atomic E-state index is -0.776. The lowest BCUT2D eigenvalue weighted by atomic mass is 9.95. The van der Waals surface area contributed by atoms with Gasteiger partial charge >= 0.3 is 11.7 Å². The topological polar surface area (TPSA) is 140 Å². The molecule has 0 aliphatic carbocycles. The Morgan fingerprint density at radius 2 is 1.58 bits per heavy atom. The van der Waals surface area contributed by atoms with Crippen molar-refractivity contribution < 1.29 is 24.0 Å². The third-order valence-electron chi connectivity index (χ3n) is 4.88. The lowest BCUT2D eigenvalue weighted by Crippen LogP contribution is -2.27. The van der Waals surface area contributed by atoms with Crippen LogP contribution >= 0.6 is 0 Å². The Balaban J connectivity index is 1.73. The van der Waals surface area contributed by atoms with Gasteiger partial charge in [-0.25, -0.2) is 10.2 Å². The van der Waals surface area contributed by atoms with Gasteiger partial charge in [0.25, 0.3) is 5.91 Å². The van der Waals surface area contributed by atoms with Crippen LogP contribution in [0.4, 0.5) is 11.4 Å². The van der Waals surface area contributed by atoms with Crippen LogP contribution < -0.4 is 15.5 Å². The van der Waals surface area contributed by atoms with Crippen molar-refractivity contribution in [1.29, 1.82) is 0 Å². The largest absolute Gasteiger partial charge is 0.415 e. The van der Waals surface area contributed by atoms with Gasteiger partial charge in [0.05, 0.1) is 16.7 Å². The summed E-state index contributed by atoms with van der Waals surface area (Å²) in [6.45, 7) is 5.37. The van der Waals surface area contributed by atoms with Crippen LogP contribution in [0.1, 0.15) is 47.1 Å². The van der Waals surface area contributed by atoms with Crippen LogP contribution in [0.15, 0.2) is 77.9 Å². The summed E-state index contributed by atoms with van der Waals surface area (Å²) in [5.41, 5.74) is 2.48. The van der Waals surface area contributed by atoms with E-state index in [4.69, 9.17) is 4.74 Å². The first-order valence-corrected chi connectivity index (χ1v) is 10.9. The molecule has 0 saturated heterocycles. The molecule has 0 spiro atoms. The highest BCUT2D eigenvalue weighted by Gasteiger charge is 2.23. The molecule has 3 rings (SSSR count). The molecule has 3 aromatic rings. The molecular weight excluding hydrogens is 464 g/mol. The first-order chi connectivity index (χ1) is 17.1. The van der Waals surface area contributed by atoms with E-state index in [0.29, 0.717) is 5.69 Å². The average molecular weight is 489 g/mol. The van der Waals surface area contributed by atoms with E-state index in [9.17, 15) is 24.5 Å². The molecule has 0 aromatic heterocycles. The second kappa shape index (κ2) is 11.0. The molecule has 2 amide bonds. The Bertz CT molecular complexity index is 1310. The highest BCUT2D eigenvalue weighted by atomic mass is 16.6. The Morgan fingerprint density at radius 1 is 0.917 bits per heavy atom. The maximum atomic E-state index is 12.5. The molecule has 0 heterocycles. The van der Waals surface area contributed by atoms with Crippen LogP contribution in [-0.4, -0.2) is 28.9 Å². The molecule has 10 heteroatoms. The minimum Gasteiger partial charge on any atom is -0.415 e. The van der Waals surface area contributed by atoms with Gasteiger partial charge in [0.1, 0.15) is 0 Å². The van der Waals surface area contributed by atoms with Crippen molar-refractivity contribution in [1.82, 2.24) is 5.43 Å². The standard InChI is InChI=1S/C26H24N4O6/c1-26(2,3)25(33)28-20-14-12-17(13-15-20)23(31)29-27-16-19-10-7-11-21(30(34)35)22(19)36-24(32)18-8-5-4-6-9-18/h4-16H,1-3H3,(H,28,33)(H,29,31)/b27-16+. The first-order valence-electron chi connectivity index (χ1n) is 10.9. The maximum absolute atomic E-state index is 12.5. The summed E-state index contributed by atoms with van der Waals surface area (Å²) >= 11 is 0. The fraction of sp³-hybridized carbons (Fsp3) is 0.154. The van der Waals surface area contributed by atoms with Crippen molar-refractivity contribution >= 4 is 35.4 Å². The van der Waals surface area contributed by atoms with Crippen molar-refractivity contribution in [3.05, 3.63) is 99.6 Å². The predicted molar refractivity (Wildman–Crippen MR) is 134 cm³/mol. The number of hydrogen-bond donors (Lipinski definition) is 2. The van der Waals surface area contributed by atoms with Gasteiger partial charge in [0, 0.05) is 28.3 Å². The van der Waals surface area contributed by atoms with Crippen LogP contribution in [0.5, 0.6) is 5.75 Å². The van der Waals surface area contributed by atoms with E-state index in [2.05, 4.69) is 15.8 Å². The number of benzene rings is 3. The van der Waals surface area contributed by atoms with Gasteiger partial charge in [-0.2, -0.15) is 5.10 Å². The Kier molecular flexibility index (Phi) is 7.90. The molecule has 0 aliphatic heterocycles. The summed E-state index contributed by atoms with van der Waals surface area (Å²) in [7, 11) is 0. The quantitative estimate of drug-likeness (QED) is 0.164. The Hall–Kier alpha value is -4.86. The lowest BCUT2D eigenvalue weighted by Gasteiger charge is -2.17. The van der Waals surface area contributed by atoms with E-state index in [0.717, 1.165) is 6.21 Å². The van der Waals surface area contributed by atoms with Crippen LogP contribution in [0.25, 0.3) is 0 Å². The number of esters is 1. The van der Waals surface area contributed by atoms with Crippen LogP contribution in [-0.2, 0) is 4.79 Å². The predicted octanol–water partition coefficient (Wildman–Crippen LogP) is 4.56. The molecule has 10 nitrogen and oxygen atoms in total. The molecule has 36 heavy (non-hydrogen) atoms.